The number of allylic oxidation sites excluding steroid dienone is 1. The number of benzene rings is 3. The average Bonchev–Trinajstić information content (AvgIpc) is 2.92. The van der Waals surface area contributed by atoms with Crippen molar-refractivity contribution >= 4 is 5.91 Å². The highest BCUT2D eigenvalue weighted by Crippen LogP contribution is 2.34. The van der Waals surface area contributed by atoms with Crippen molar-refractivity contribution in [2.24, 2.45) is 0 Å². The van der Waals surface area contributed by atoms with Crippen LogP contribution < -0.4 is 5.32 Å². The van der Waals surface area contributed by atoms with Gasteiger partial charge in [0.15, 0.2) is 5.76 Å². The van der Waals surface area contributed by atoms with Gasteiger partial charge in [0, 0.05) is 18.9 Å². The zero-order valence-electron chi connectivity index (χ0n) is 20.1. The van der Waals surface area contributed by atoms with Crippen LogP contribution in [0.4, 0.5) is 13.2 Å². The van der Waals surface area contributed by atoms with Crippen molar-refractivity contribution in [3.63, 3.8) is 0 Å². The summed E-state index contributed by atoms with van der Waals surface area (Å²) >= 11 is 0. The summed E-state index contributed by atoms with van der Waals surface area (Å²) in [6.45, 7) is 0.547. The minimum absolute atomic E-state index is 0.0603. The second kappa shape index (κ2) is 12.1. The molecule has 1 aliphatic rings. The van der Waals surface area contributed by atoms with E-state index in [4.69, 9.17) is 9.47 Å². The number of aliphatic hydroxyl groups is 1. The number of halogens is 3. The predicted molar refractivity (Wildman–Crippen MR) is 132 cm³/mol. The van der Waals surface area contributed by atoms with Gasteiger partial charge in [0.05, 0.1) is 18.8 Å². The first-order chi connectivity index (χ1) is 17.8. The number of aliphatic hydroxyl groups excluding tert-OH is 1. The highest BCUT2D eigenvalue weighted by molar-refractivity contribution is 5.91. The van der Waals surface area contributed by atoms with E-state index in [1.165, 1.54) is 12.1 Å². The molecular formula is C29H28F3NO4. The van der Waals surface area contributed by atoms with Crippen LogP contribution in [-0.4, -0.2) is 23.8 Å². The van der Waals surface area contributed by atoms with Crippen LogP contribution >= 0.6 is 0 Å². The van der Waals surface area contributed by atoms with Crippen LogP contribution in [0.25, 0.3) is 0 Å². The van der Waals surface area contributed by atoms with Crippen LogP contribution in [0.1, 0.15) is 40.2 Å². The fourth-order valence-electron chi connectivity index (χ4n) is 4.05. The second-order valence-electron chi connectivity index (χ2n) is 8.82. The molecule has 0 fully saturated rings. The van der Waals surface area contributed by atoms with Gasteiger partial charge >= 0.3 is 6.18 Å². The van der Waals surface area contributed by atoms with Crippen molar-refractivity contribution < 1.29 is 32.5 Å². The molecule has 0 aromatic heterocycles. The van der Waals surface area contributed by atoms with Gasteiger partial charge in [0.1, 0.15) is 0 Å². The minimum Gasteiger partial charge on any atom is -0.459 e. The molecule has 1 aliphatic heterocycles. The van der Waals surface area contributed by atoms with E-state index in [2.05, 4.69) is 5.32 Å². The fraction of sp³-hybridized carbons (Fsp3) is 0.276. The molecule has 37 heavy (non-hydrogen) atoms. The van der Waals surface area contributed by atoms with Crippen molar-refractivity contribution in [2.45, 2.75) is 44.4 Å². The molecule has 0 aliphatic carbocycles. The maximum absolute atomic E-state index is 13.0. The molecule has 3 aromatic carbocycles. The first-order valence-electron chi connectivity index (χ1n) is 12.0. The number of hydrogen-bond acceptors (Lipinski definition) is 4. The van der Waals surface area contributed by atoms with Crippen molar-refractivity contribution in [1.29, 1.82) is 0 Å². The molecule has 194 valence electrons. The third kappa shape index (κ3) is 7.44. The molecule has 4 rings (SSSR count). The third-order valence-corrected chi connectivity index (χ3v) is 6.13. The van der Waals surface area contributed by atoms with Gasteiger partial charge in [-0.3, -0.25) is 4.79 Å². The molecule has 2 atom stereocenters. The summed E-state index contributed by atoms with van der Waals surface area (Å²) in [7, 11) is 0. The molecule has 2 N–H and O–H groups in total. The van der Waals surface area contributed by atoms with Crippen molar-refractivity contribution in [3.8, 4) is 0 Å². The molecule has 0 saturated heterocycles. The predicted octanol–water partition coefficient (Wildman–Crippen LogP) is 5.49. The number of amides is 1. The van der Waals surface area contributed by atoms with E-state index < -0.39 is 23.9 Å². The lowest BCUT2D eigenvalue weighted by molar-refractivity contribution is -0.150. The van der Waals surface area contributed by atoms with Crippen molar-refractivity contribution in [1.82, 2.24) is 5.32 Å². The molecule has 0 radical (unpaired) electrons. The van der Waals surface area contributed by atoms with Crippen LogP contribution in [0.5, 0.6) is 0 Å². The summed E-state index contributed by atoms with van der Waals surface area (Å²) in [5.74, 6) is -0.703. The number of carbonyl (C=O) groups is 1. The number of carbonyl (C=O) groups excluding carboxylic acids is 1. The molecule has 1 heterocycles. The van der Waals surface area contributed by atoms with E-state index in [0.717, 1.165) is 28.8 Å². The van der Waals surface area contributed by atoms with Crippen molar-refractivity contribution in [2.75, 3.05) is 6.54 Å². The van der Waals surface area contributed by atoms with Gasteiger partial charge in [-0.05, 0) is 46.9 Å². The van der Waals surface area contributed by atoms with E-state index in [1.807, 2.05) is 42.5 Å². The summed E-state index contributed by atoms with van der Waals surface area (Å²) < 4.78 is 50.9. The van der Waals surface area contributed by atoms with Gasteiger partial charge in [0.2, 0.25) is 6.29 Å². The van der Waals surface area contributed by atoms with Gasteiger partial charge in [-0.15, -0.1) is 0 Å². The summed E-state index contributed by atoms with van der Waals surface area (Å²) in [6.07, 6.45) is -2.58. The Kier molecular flexibility index (Phi) is 8.63. The van der Waals surface area contributed by atoms with Crippen LogP contribution in [0, 0.1) is 0 Å². The molecule has 0 spiro atoms. The fourth-order valence-corrected chi connectivity index (χ4v) is 4.05. The summed E-state index contributed by atoms with van der Waals surface area (Å²) in [4.78, 5) is 12.9. The Morgan fingerprint density at radius 1 is 0.946 bits per heavy atom. The van der Waals surface area contributed by atoms with E-state index in [9.17, 15) is 23.1 Å². The number of rotatable bonds is 9. The first kappa shape index (κ1) is 26.4. The Labute approximate surface area is 213 Å². The summed E-state index contributed by atoms with van der Waals surface area (Å²) in [5.41, 5.74) is 2.61. The van der Waals surface area contributed by atoms with E-state index in [0.29, 0.717) is 24.9 Å². The van der Waals surface area contributed by atoms with Crippen LogP contribution in [-0.2, 0) is 40.1 Å². The normalized spacial score (nSPS) is 17.6. The summed E-state index contributed by atoms with van der Waals surface area (Å²) in [5, 5.41) is 12.1. The van der Waals surface area contributed by atoms with Gasteiger partial charge in [-0.2, -0.15) is 13.2 Å². The summed E-state index contributed by atoms with van der Waals surface area (Å²) in [6, 6.07) is 21.9. The highest BCUT2D eigenvalue weighted by Gasteiger charge is 2.32. The SMILES string of the molecule is O=C(NCCc1ccccc1)C1=C[C@@H](c2ccc(C(F)(F)F)cc2)C[C@@H](OCc2ccc(CO)cc2)O1. The lowest BCUT2D eigenvalue weighted by Gasteiger charge is -2.29. The minimum atomic E-state index is -4.43. The second-order valence-corrected chi connectivity index (χ2v) is 8.82. The molecule has 0 bridgehead atoms. The van der Waals surface area contributed by atoms with Gasteiger partial charge in [0.25, 0.3) is 5.91 Å². The van der Waals surface area contributed by atoms with Crippen LogP contribution in [0.2, 0.25) is 0 Å². The number of nitrogens with one attached hydrogen (secondary N) is 1. The van der Waals surface area contributed by atoms with Gasteiger partial charge < -0.3 is 19.9 Å². The number of hydrogen-bond donors (Lipinski definition) is 2. The number of alkyl halides is 3. The van der Waals surface area contributed by atoms with Crippen LogP contribution in [0.3, 0.4) is 0 Å². The first-order valence-corrected chi connectivity index (χ1v) is 12.0. The van der Waals surface area contributed by atoms with E-state index in [-0.39, 0.29) is 24.9 Å². The van der Waals surface area contributed by atoms with Crippen LogP contribution in [0.15, 0.2) is 90.7 Å². The monoisotopic (exact) mass is 511 g/mol. The van der Waals surface area contributed by atoms with Gasteiger partial charge in [-0.1, -0.05) is 66.7 Å². The van der Waals surface area contributed by atoms with Crippen molar-refractivity contribution in [3.05, 3.63) is 119 Å². The highest BCUT2D eigenvalue weighted by atomic mass is 19.4. The Morgan fingerprint density at radius 3 is 2.27 bits per heavy atom. The Bertz CT molecular complexity index is 1190. The molecule has 8 heteroatoms. The Balaban J connectivity index is 1.46. The molecule has 5 nitrogen and oxygen atoms in total. The topological polar surface area (TPSA) is 67.8 Å². The smallest absolute Gasteiger partial charge is 0.416 e. The number of ether oxygens (including phenoxy) is 2. The van der Waals surface area contributed by atoms with E-state index in [1.54, 1.807) is 18.2 Å². The zero-order valence-corrected chi connectivity index (χ0v) is 20.1. The third-order valence-electron chi connectivity index (χ3n) is 6.13. The maximum Gasteiger partial charge on any atom is 0.416 e. The average molecular weight is 512 g/mol. The Hall–Kier alpha value is -3.62. The lowest BCUT2D eigenvalue weighted by Crippen LogP contribution is -2.33. The lowest BCUT2D eigenvalue weighted by atomic mass is 9.92. The standard InChI is InChI=1S/C29H28F3NO4/c30-29(31,32)25-12-10-23(11-13-25)24-16-26(28(35)33-15-14-20-4-2-1-3-5-20)37-27(17-24)36-19-22-8-6-21(18-34)7-9-22/h1-13,16,24,27,34H,14-15,17-19H2,(H,33,35)/t24-,27+/m1/s1. The molecule has 3 aromatic rings. The van der Waals surface area contributed by atoms with Gasteiger partial charge in [-0.25, -0.2) is 0 Å². The molecule has 0 saturated carbocycles. The van der Waals surface area contributed by atoms with E-state index >= 15 is 0 Å². The molecule has 1 amide bonds. The maximum atomic E-state index is 13.0. The molecular weight excluding hydrogens is 483 g/mol. The Morgan fingerprint density at radius 2 is 1.62 bits per heavy atom. The largest absolute Gasteiger partial charge is 0.459 e. The zero-order chi connectivity index (χ0) is 26.3. The quantitative estimate of drug-likeness (QED) is 0.399. The molecule has 0 unspecified atom stereocenters.